The molecule has 29 heavy (non-hydrogen) atoms. The Morgan fingerprint density at radius 3 is 2.93 bits per heavy atom. The van der Waals surface area contributed by atoms with Crippen molar-refractivity contribution >= 4 is 51.5 Å². The Bertz CT molecular complexity index is 1050. The van der Waals surface area contributed by atoms with E-state index in [9.17, 15) is 9.59 Å². The summed E-state index contributed by atoms with van der Waals surface area (Å²) in [5, 5.41) is 4.11. The van der Waals surface area contributed by atoms with Gasteiger partial charge in [-0.3, -0.25) is 14.9 Å². The number of hydrogen-bond donors (Lipinski definition) is 1. The molecule has 4 rings (SSSR count). The highest BCUT2D eigenvalue weighted by Gasteiger charge is 2.25. The fourth-order valence-electron chi connectivity index (χ4n) is 2.85. The van der Waals surface area contributed by atoms with Crippen LogP contribution in [0.5, 0.6) is 5.75 Å². The van der Waals surface area contributed by atoms with Gasteiger partial charge in [-0.1, -0.05) is 34.5 Å². The molecule has 2 amide bonds. The molecule has 0 atom stereocenters. The second-order valence-corrected chi connectivity index (χ2v) is 8.21. The predicted molar refractivity (Wildman–Crippen MR) is 110 cm³/mol. The minimum absolute atomic E-state index is 0.125. The van der Waals surface area contributed by atoms with Gasteiger partial charge in [-0.2, -0.15) is 0 Å². The third-order valence-corrected chi connectivity index (χ3v) is 5.86. The highest BCUT2D eigenvalue weighted by atomic mass is 35.5. The molecule has 0 aliphatic carbocycles. The Balaban J connectivity index is 1.36. The van der Waals surface area contributed by atoms with E-state index in [0.717, 1.165) is 10.6 Å². The maximum Gasteiger partial charge on any atom is 0.260 e. The molecule has 3 aromatic rings. The number of nitrogens with zero attached hydrogens (tertiary/aromatic N) is 2. The molecule has 1 N–H and O–H groups in total. The Morgan fingerprint density at radius 1 is 1.31 bits per heavy atom. The molecule has 1 aromatic carbocycles. The Labute approximate surface area is 180 Å². The van der Waals surface area contributed by atoms with Crippen molar-refractivity contribution < 1.29 is 18.7 Å². The van der Waals surface area contributed by atoms with E-state index in [0.29, 0.717) is 46.0 Å². The number of furan rings is 1. The molecule has 2 aromatic heterocycles. The third-order valence-electron chi connectivity index (χ3n) is 4.33. The van der Waals surface area contributed by atoms with Crippen molar-refractivity contribution in [2.45, 2.75) is 13.0 Å². The number of aromatic nitrogens is 1. The van der Waals surface area contributed by atoms with Gasteiger partial charge in [0, 0.05) is 22.9 Å². The van der Waals surface area contributed by atoms with Gasteiger partial charge in [0.1, 0.15) is 12.0 Å². The van der Waals surface area contributed by atoms with Gasteiger partial charge in [0.05, 0.1) is 29.1 Å². The lowest BCUT2D eigenvalue weighted by atomic mass is 10.2. The van der Waals surface area contributed by atoms with Crippen LogP contribution in [0.25, 0.3) is 0 Å². The molecule has 10 heteroatoms. The molecule has 1 aliphatic heterocycles. The van der Waals surface area contributed by atoms with E-state index in [2.05, 4.69) is 10.3 Å². The quantitative estimate of drug-likeness (QED) is 0.626. The van der Waals surface area contributed by atoms with Crippen molar-refractivity contribution in [2.75, 3.05) is 18.5 Å². The fourth-order valence-corrected chi connectivity index (χ4v) is 4.33. The van der Waals surface area contributed by atoms with Crippen LogP contribution in [0.2, 0.25) is 10.0 Å². The van der Waals surface area contributed by atoms with Crippen molar-refractivity contribution in [3.8, 4) is 5.75 Å². The number of rotatable bonds is 5. The lowest BCUT2D eigenvalue weighted by Crippen LogP contribution is -2.38. The SMILES string of the molecule is O=C(Nc1nc2c(s1)CN(C(=O)COc1ccc(Cl)cc1Cl)CC2)c1ccoc1. The number of hydrogen-bond acceptors (Lipinski definition) is 6. The zero-order valence-corrected chi connectivity index (χ0v) is 17.3. The summed E-state index contributed by atoms with van der Waals surface area (Å²) in [6, 6.07) is 6.42. The molecule has 0 bridgehead atoms. The number of fused-ring (bicyclic) bond motifs is 1. The summed E-state index contributed by atoms with van der Waals surface area (Å²) in [6.07, 6.45) is 3.42. The molecule has 0 fully saturated rings. The predicted octanol–water partition coefficient (Wildman–Crippen LogP) is 4.26. The maximum absolute atomic E-state index is 12.5. The van der Waals surface area contributed by atoms with E-state index in [-0.39, 0.29) is 18.4 Å². The van der Waals surface area contributed by atoms with Gasteiger partial charge in [0.15, 0.2) is 11.7 Å². The van der Waals surface area contributed by atoms with Gasteiger partial charge < -0.3 is 14.1 Å². The normalized spacial score (nSPS) is 13.1. The summed E-state index contributed by atoms with van der Waals surface area (Å²) in [5.41, 5.74) is 1.32. The minimum atomic E-state index is -0.286. The van der Waals surface area contributed by atoms with E-state index < -0.39 is 0 Å². The maximum atomic E-state index is 12.5. The zero-order valence-electron chi connectivity index (χ0n) is 15.0. The number of carbonyl (C=O) groups excluding carboxylic acids is 2. The fraction of sp³-hybridized carbons (Fsp3) is 0.211. The van der Waals surface area contributed by atoms with Crippen molar-refractivity contribution in [3.63, 3.8) is 0 Å². The van der Waals surface area contributed by atoms with Gasteiger partial charge in [-0.25, -0.2) is 4.98 Å². The Hall–Kier alpha value is -2.55. The van der Waals surface area contributed by atoms with Crippen LogP contribution in [0.3, 0.4) is 0 Å². The van der Waals surface area contributed by atoms with Crippen LogP contribution < -0.4 is 10.1 Å². The highest BCUT2D eigenvalue weighted by molar-refractivity contribution is 7.15. The lowest BCUT2D eigenvalue weighted by Gasteiger charge is -2.26. The first-order valence-corrected chi connectivity index (χ1v) is 10.2. The largest absolute Gasteiger partial charge is 0.482 e. The Morgan fingerprint density at radius 2 is 2.17 bits per heavy atom. The molecule has 0 unspecified atom stereocenters. The molecule has 1 aliphatic rings. The van der Waals surface area contributed by atoms with Crippen LogP contribution in [0.4, 0.5) is 5.13 Å². The van der Waals surface area contributed by atoms with Crippen LogP contribution in [-0.2, 0) is 17.8 Å². The summed E-state index contributed by atoms with van der Waals surface area (Å²) < 4.78 is 10.4. The number of halogens is 2. The number of amides is 2. The summed E-state index contributed by atoms with van der Waals surface area (Å²) in [6.45, 7) is 0.826. The molecule has 0 saturated heterocycles. The van der Waals surface area contributed by atoms with E-state index in [4.69, 9.17) is 32.4 Å². The van der Waals surface area contributed by atoms with Crippen LogP contribution in [0.1, 0.15) is 20.9 Å². The average molecular weight is 452 g/mol. The van der Waals surface area contributed by atoms with Crippen molar-refractivity contribution in [1.82, 2.24) is 9.88 Å². The summed E-state index contributed by atoms with van der Waals surface area (Å²) in [5.74, 6) is -0.0331. The second-order valence-electron chi connectivity index (χ2n) is 6.28. The average Bonchev–Trinajstić information content (AvgIpc) is 3.36. The van der Waals surface area contributed by atoms with E-state index in [1.807, 2.05) is 0 Å². The Kier molecular flexibility index (Phi) is 5.75. The second kappa shape index (κ2) is 8.44. The van der Waals surface area contributed by atoms with Crippen molar-refractivity contribution in [1.29, 1.82) is 0 Å². The summed E-state index contributed by atoms with van der Waals surface area (Å²) in [4.78, 5) is 31.8. The van der Waals surface area contributed by atoms with Gasteiger partial charge in [0.25, 0.3) is 11.8 Å². The molecular weight excluding hydrogens is 437 g/mol. The number of ether oxygens (including phenoxy) is 1. The van der Waals surface area contributed by atoms with Gasteiger partial charge in [-0.15, -0.1) is 0 Å². The van der Waals surface area contributed by atoms with E-state index in [1.54, 1.807) is 29.2 Å². The van der Waals surface area contributed by atoms with Crippen molar-refractivity contribution in [3.05, 3.63) is 63.0 Å². The van der Waals surface area contributed by atoms with Gasteiger partial charge in [0.2, 0.25) is 0 Å². The number of anilines is 1. The first-order valence-electron chi connectivity index (χ1n) is 8.67. The van der Waals surface area contributed by atoms with E-state index >= 15 is 0 Å². The molecule has 3 heterocycles. The van der Waals surface area contributed by atoms with E-state index in [1.165, 1.54) is 23.9 Å². The summed E-state index contributed by atoms with van der Waals surface area (Å²) in [7, 11) is 0. The number of benzene rings is 1. The zero-order chi connectivity index (χ0) is 20.4. The molecule has 7 nitrogen and oxygen atoms in total. The molecular formula is C19H15Cl2N3O4S. The number of nitrogens with one attached hydrogen (secondary N) is 1. The van der Waals surface area contributed by atoms with Crippen LogP contribution in [0.15, 0.2) is 41.2 Å². The number of thiazole rings is 1. The van der Waals surface area contributed by atoms with Crippen LogP contribution in [0, 0.1) is 0 Å². The van der Waals surface area contributed by atoms with Crippen LogP contribution in [-0.4, -0.2) is 34.8 Å². The van der Waals surface area contributed by atoms with Gasteiger partial charge in [-0.05, 0) is 24.3 Å². The topological polar surface area (TPSA) is 84.7 Å². The molecule has 0 radical (unpaired) electrons. The smallest absolute Gasteiger partial charge is 0.260 e. The summed E-state index contributed by atoms with van der Waals surface area (Å²) >= 11 is 13.3. The highest BCUT2D eigenvalue weighted by Crippen LogP contribution is 2.30. The third kappa shape index (κ3) is 4.55. The minimum Gasteiger partial charge on any atom is -0.482 e. The number of carbonyl (C=O) groups is 2. The van der Waals surface area contributed by atoms with Gasteiger partial charge >= 0.3 is 0 Å². The first kappa shape index (κ1) is 19.8. The molecule has 0 saturated carbocycles. The lowest BCUT2D eigenvalue weighted by molar-refractivity contribution is -0.134. The standard InChI is InChI=1S/C19H15Cl2N3O4S/c20-12-1-2-15(13(21)7-12)28-10-17(25)24-5-3-14-16(8-24)29-19(22-14)23-18(26)11-4-6-27-9-11/h1-2,4,6-7,9H,3,5,8,10H2,(H,22,23,26). The van der Waals surface area contributed by atoms with Crippen molar-refractivity contribution in [2.24, 2.45) is 0 Å². The molecule has 0 spiro atoms. The monoisotopic (exact) mass is 451 g/mol. The first-order chi connectivity index (χ1) is 14.0. The van der Waals surface area contributed by atoms with Crippen LogP contribution >= 0.6 is 34.5 Å². The molecule has 150 valence electrons.